The third-order valence-electron chi connectivity index (χ3n) is 2.55. The Morgan fingerprint density at radius 1 is 1.00 bits per heavy atom. The Morgan fingerprint density at radius 2 is 1.69 bits per heavy atom. The summed E-state index contributed by atoms with van der Waals surface area (Å²) in [6.45, 7) is 8.21. The van der Waals surface area contributed by atoms with Crippen LogP contribution < -0.4 is 0 Å². The maximum absolute atomic E-state index is 4.36. The number of aryl methyl sites for hydroxylation is 3. The van der Waals surface area contributed by atoms with Crippen molar-refractivity contribution >= 4 is 5.52 Å². The fourth-order valence-corrected chi connectivity index (χ4v) is 1.50. The zero-order valence-electron chi connectivity index (χ0n) is 8.42. The van der Waals surface area contributed by atoms with Gasteiger partial charge >= 0.3 is 0 Å². The Labute approximate surface area is 77.4 Å². The van der Waals surface area contributed by atoms with E-state index in [9.17, 15) is 0 Å². The molecule has 0 radical (unpaired) electrons. The molecule has 2 aromatic rings. The zero-order chi connectivity index (χ0) is 9.59. The van der Waals surface area contributed by atoms with Crippen LogP contribution in [0.1, 0.15) is 22.5 Å². The van der Waals surface area contributed by atoms with Gasteiger partial charge in [0.1, 0.15) is 0 Å². The van der Waals surface area contributed by atoms with Crippen molar-refractivity contribution in [2.24, 2.45) is 0 Å². The fraction of sp³-hybridized carbons (Fsp3) is 0.400. The van der Waals surface area contributed by atoms with Crippen molar-refractivity contribution in [1.82, 2.24) is 14.8 Å². The van der Waals surface area contributed by atoms with Gasteiger partial charge in [-0.3, -0.25) is 0 Å². The summed E-state index contributed by atoms with van der Waals surface area (Å²) in [5.41, 5.74) is 5.70. The van der Waals surface area contributed by atoms with Gasteiger partial charge in [-0.25, -0.2) is 0 Å². The van der Waals surface area contributed by atoms with Gasteiger partial charge in [0, 0.05) is 0 Å². The molecule has 3 nitrogen and oxygen atoms in total. The third-order valence-corrected chi connectivity index (χ3v) is 2.55. The number of hydrogen-bond acceptors (Lipinski definition) is 2. The molecule has 0 aliphatic rings. The Kier molecular flexibility index (Phi) is 1.62. The van der Waals surface area contributed by atoms with Gasteiger partial charge in [-0.05, 0) is 44.9 Å². The van der Waals surface area contributed by atoms with E-state index in [1.807, 2.05) is 13.8 Å². The molecular formula is C10H13N3. The summed E-state index contributed by atoms with van der Waals surface area (Å²) in [4.78, 5) is 0. The molecule has 0 fully saturated rings. The lowest BCUT2D eigenvalue weighted by Gasteiger charge is -2.04. The van der Waals surface area contributed by atoms with Crippen LogP contribution in [0.3, 0.4) is 0 Å². The lowest BCUT2D eigenvalue weighted by molar-refractivity contribution is 0.761. The summed E-state index contributed by atoms with van der Waals surface area (Å²) in [5, 5.41) is 8.64. The van der Waals surface area contributed by atoms with Crippen LogP contribution in [0, 0.1) is 27.7 Å². The van der Waals surface area contributed by atoms with Crippen molar-refractivity contribution in [1.29, 1.82) is 0 Å². The zero-order valence-corrected chi connectivity index (χ0v) is 8.42. The predicted octanol–water partition coefficient (Wildman–Crippen LogP) is 1.96. The molecule has 2 rings (SSSR count). The van der Waals surface area contributed by atoms with Crippen molar-refractivity contribution in [3.05, 3.63) is 28.6 Å². The summed E-state index contributed by atoms with van der Waals surface area (Å²) in [6, 6.07) is 2.06. The number of rotatable bonds is 0. The van der Waals surface area contributed by atoms with Gasteiger partial charge < -0.3 is 0 Å². The Balaban J connectivity index is 2.92. The average Bonchev–Trinajstić information content (AvgIpc) is 2.42. The molecule has 2 aromatic heterocycles. The van der Waals surface area contributed by atoms with E-state index in [1.54, 1.807) is 4.63 Å². The van der Waals surface area contributed by atoms with Crippen LogP contribution in [-0.4, -0.2) is 14.8 Å². The minimum atomic E-state index is 1.01. The largest absolute Gasteiger partial charge is 0.155 e. The molecule has 0 N–H and O–H groups in total. The molecule has 13 heavy (non-hydrogen) atoms. The standard InChI is InChI=1S/C10H13N3/c1-6-5-10-8(3)7(2)9(4)12-13(10)11-6/h5H,1-4H3. The Hall–Kier alpha value is -1.38. The molecule has 0 bridgehead atoms. The van der Waals surface area contributed by atoms with Crippen LogP contribution in [0.2, 0.25) is 0 Å². The molecule has 0 atom stereocenters. The molecule has 2 heterocycles. The highest BCUT2D eigenvalue weighted by molar-refractivity contribution is 5.56. The molecule has 0 saturated carbocycles. The van der Waals surface area contributed by atoms with Gasteiger partial charge in [-0.2, -0.15) is 14.8 Å². The van der Waals surface area contributed by atoms with E-state index in [1.165, 1.54) is 11.1 Å². The van der Waals surface area contributed by atoms with Crippen molar-refractivity contribution < 1.29 is 0 Å². The van der Waals surface area contributed by atoms with Gasteiger partial charge in [0.05, 0.1) is 16.9 Å². The summed E-state index contributed by atoms with van der Waals surface area (Å²) in [6.07, 6.45) is 0. The van der Waals surface area contributed by atoms with Crippen molar-refractivity contribution in [2.75, 3.05) is 0 Å². The summed E-state index contributed by atoms with van der Waals surface area (Å²) >= 11 is 0. The van der Waals surface area contributed by atoms with E-state index < -0.39 is 0 Å². The predicted molar refractivity (Wildman–Crippen MR) is 51.9 cm³/mol. The summed E-state index contributed by atoms with van der Waals surface area (Å²) in [5.74, 6) is 0. The van der Waals surface area contributed by atoms with Crippen molar-refractivity contribution in [3.8, 4) is 0 Å². The maximum Gasteiger partial charge on any atom is 0.0907 e. The molecule has 0 amide bonds. The first-order valence-corrected chi connectivity index (χ1v) is 4.40. The number of aromatic nitrogens is 3. The SMILES string of the molecule is Cc1cc2c(C)c(C)c(C)nn2n1. The number of nitrogens with zero attached hydrogens (tertiary/aromatic N) is 3. The van der Waals surface area contributed by atoms with Crippen LogP contribution in [-0.2, 0) is 0 Å². The normalized spacial score (nSPS) is 11.1. The number of fused-ring (bicyclic) bond motifs is 1. The van der Waals surface area contributed by atoms with E-state index in [0.717, 1.165) is 16.9 Å². The molecule has 68 valence electrons. The lowest BCUT2D eigenvalue weighted by atomic mass is 10.1. The summed E-state index contributed by atoms with van der Waals surface area (Å²) < 4.78 is 1.72. The smallest absolute Gasteiger partial charge is 0.0907 e. The second-order valence-electron chi connectivity index (χ2n) is 3.50. The maximum atomic E-state index is 4.36. The first-order valence-electron chi connectivity index (χ1n) is 4.40. The molecule has 0 unspecified atom stereocenters. The topological polar surface area (TPSA) is 30.2 Å². The van der Waals surface area contributed by atoms with E-state index >= 15 is 0 Å². The van der Waals surface area contributed by atoms with Gasteiger partial charge in [0.2, 0.25) is 0 Å². The quantitative estimate of drug-likeness (QED) is 0.612. The second kappa shape index (κ2) is 2.55. The molecule has 3 heteroatoms. The van der Waals surface area contributed by atoms with Crippen LogP contribution in [0.4, 0.5) is 0 Å². The van der Waals surface area contributed by atoms with Gasteiger partial charge in [-0.1, -0.05) is 0 Å². The fourth-order valence-electron chi connectivity index (χ4n) is 1.50. The van der Waals surface area contributed by atoms with Crippen LogP contribution in [0.5, 0.6) is 0 Å². The molecule has 0 aliphatic heterocycles. The first kappa shape index (κ1) is 8.23. The third kappa shape index (κ3) is 1.11. The van der Waals surface area contributed by atoms with Crippen molar-refractivity contribution in [2.45, 2.75) is 27.7 Å². The monoisotopic (exact) mass is 175 g/mol. The Bertz CT molecular complexity index is 468. The first-order chi connectivity index (χ1) is 6.09. The van der Waals surface area contributed by atoms with E-state index in [2.05, 4.69) is 30.1 Å². The highest BCUT2D eigenvalue weighted by Gasteiger charge is 2.06. The van der Waals surface area contributed by atoms with Crippen molar-refractivity contribution in [3.63, 3.8) is 0 Å². The van der Waals surface area contributed by atoms with Gasteiger partial charge in [-0.15, -0.1) is 0 Å². The molecule has 0 aromatic carbocycles. The minimum absolute atomic E-state index is 1.01. The van der Waals surface area contributed by atoms with Gasteiger partial charge in [0.25, 0.3) is 0 Å². The van der Waals surface area contributed by atoms with E-state index in [-0.39, 0.29) is 0 Å². The Morgan fingerprint density at radius 3 is 2.38 bits per heavy atom. The van der Waals surface area contributed by atoms with E-state index in [4.69, 9.17) is 0 Å². The van der Waals surface area contributed by atoms with Crippen LogP contribution >= 0.6 is 0 Å². The molecule has 0 spiro atoms. The minimum Gasteiger partial charge on any atom is -0.155 e. The lowest BCUT2D eigenvalue weighted by Crippen LogP contribution is -2.01. The molecule has 0 aliphatic carbocycles. The second-order valence-corrected chi connectivity index (χ2v) is 3.50. The molecular weight excluding hydrogens is 162 g/mol. The van der Waals surface area contributed by atoms with Crippen LogP contribution in [0.15, 0.2) is 6.07 Å². The van der Waals surface area contributed by atoms with Gasteiger partial charge in [0.15, 0.2) is 0 Å². The van der Waals surface area contributed by atoms with E-state index in [0.29, 0.717) is 0 Å². The summed E-state index contributed by atoms with van der Waals surface area (Å²) in [7, 11) is 0. The highest BCUT2D eigenvalue weighted by Crippen LogP contribution is 2.16. The number of hydrogen-bond donors (Lipinski definition) is 0. The van der Waals surface area contributed by atoms with Crippen LogP contribution in [0.25, 0.3) is 5.52 Å². The molecule has 0 saturated heterocycles. The highest BCUT2D eigenvalue weighted by atomic mass is 15.4. The average molecular weight is 175 g/mol.